The SMILES string of the molecule is Cc1ncc(C2COCC2O)s1. The van der Waals surface area contributed by atoms with Gasteiger partial charge in [-0.2, -0.15) is 0 Å². The third-order valence-corrected chi connectivity index (χ3v) is 3.10. The summed E-state index contributed by atoms with van der Waals surface area (Å²) < 4.78 is 5.16. The summed E-state index contributed by atoms with van der Waals surface area (Å²) in [6, 6.07) is 0. The Labute approximate surface area is 75.0 Å². The lowest BCUT2D eigenvalue weighted by Gasteiger charge is -2.07. The second-order valence-corrected chi connectivity index (χ2v) is 4.26. The van der Waals surface area contributed by atoms with Crippen molar-refractivity contribution in [2.24, 2.45) is 0 Å². The molecule has 0 radical (unpaired) electrons. The van der Waals surface area contributed by atoms with Crippen LogP contribution in [-0.4, -0.2) is 29.4 Å². The topological polar surface area (TPSA) is 42.4 Å². The van der Waals surface area contributed by atoms with E-state index in [1.807, 2.05) is 13.1 Å². The lowest BCUT2D eigenvalue weighted by molar-refractivity contribution is 0.125. The highest BCUT2D eigenvalue weighted by molar-refractivity contribution is 7.11. The van der Waals surface area contributed by atoms with E-state index in [0.717, 1.165) is 9.88 Å². The predicted molar refractivity (Wildman–Crippen MR) is 46.4 cm³/mol. The van der Waals surface area contributed by atoms with Crippen LogP contribution in [-0.2, 0) is 4.74 Å². The molecular weight excluding hydrogens is 174 g/mol. The first kappa shape index (κ1) is 8.16. The highest BCUT2D eigenvalue weighted by Crippen LogP contribution is 2.29. The number of aliphatic hydroxyl groups excluding tert-OH is 1. The van der Waals surface area contributed by atoms with E-state index >= 15 is 0 Å². The number of aromatic nitrogens is 1. The number of hydrogen-bond donors (Lipinski definition) is 1. The minimum atomic E-state index is -0.343. The molecule has 2 unspecified atom stereocenters. The summed E-state index contributed by atoms with van der Waals surface area (Å²) in [6.07, 6.45) is 1.49. The molecule has 1 saturated heterocycles. The van der Waals surface area contributed by atoms with E-state index in [1.165, 1.54) is 0 Å². The zero-order valence-corrected chi connectivity index (χ0v) is 7.67. The third-order valence-electron chi connectivity index (χ3n) is 2.06. The lowest BCUT2D eigenvalue weighted by atomic mass is 10.1. The van der Waals surface area contributed by atoms with Crippen molar-refractivity contribution in [1.29, 1.82) is 0 Å². The Morgan fingerprint density at radius 3 is 3.00 bits per heavy atom. The highest BCUT2D eigenvalue weighted by atomic mass is 32.1. The Morgan fingerprint density at radius 1 is 1.67 bits per heavy atom. The number of ether oxygens (including phenoxy) is 1. The normalized spacial score (nSPS) is 29.5. The minimum absolute atomic E-state index is 0.149. The maximum atomic E-state index is 9.51. The van der Waals surface area contributed by atoms with Crippen LogP contribution in [0.5, 0.6) is 0 Å². The molecule has 1 aliphatic heterocycles. The van der Waals surface area contributed by atoms with Gasteiger partial charge in [0.25, 0.3) is 0 Å². The van der Waals surface area contributed by atoms with Crippen LogP contribution in [0, 0.1) is 6.92 Å². The molecule has 1 N–H and O–H groups in total. The van der Waals surface area contributed by atoms with Crippen LogP contribution in [0.25, 0.3) is 0 Å². The second kappa shape index (κ2) is 3.12. The Balaban J connectivity index is 2.19. The first-order valence-corrected chi connectivity index (χ1v) is 4.77. The van der Waals surface area contributed by atoms with E-state index in [0.29, 0.717) is 13.2 Å². The first-order valence-electron chi connectivity index (χ1n) is 3.95. The van der Waals surface area contributed by atoms with Gasteiger partial charge in [0, 0.05) is 17.0 Å². The van der Waals surface area contributed by atoms with Gasteiger partial charge in [0.15, 0.2) is 0 Å². The zero-order valence-electron chi connectivity index (χ0n) is 6.86. The number of thiazole rings is 1. The van der Waals surface area contributed by atoms with Crippen molar-refractivity contribution >= 4 is 11.3 Å². The van der Waals surface area contributed by atoms with Crippen molar-refractivity contribution in [3.63, 3.8) is 0 Å². The van der Waals surface area contributed by atoms with E-state index < -0.39 is 0 Å². The summed E-state index contributed by atoms with van der Waals surface area (Å²) >= 11 is 1.64. The monoisotopic (exact) mass is 185 g/mol. The number of nitrogens with zero attached hydrogens (tertiary/aromatic N) is 1. The molecule has 1 aliphatic rings. The molecule has 0 spiro atoms. The molecule has 0 bridgehead atoms. The molecule has 2 atom stereocenters. The molecular formula is C8H11NO2S. The fourth-order valence-electron chi connectivity index (χ4n) is 1.36. The maximum absolute atomic E-state index is 9.51. The predicted octanol–water partition coefficient (Wildman–Crippen LogP) is 0.926. The molecule has 1 fully saturated rings. The summed E-state index contributed by atoms with van der Waals surface area (Å²) in [6.45, 7) is 3.06. The van der Waals surface area contributed by atoms with Gasteiger partial charge in [0.1, 0.15) is 0 Å². The number of aliphatic hydroxyl groups is 1. The van der Waals surface area contributed by atoms with E-state index in [9.17, 15) is 5.11 Å². The summed E-state index contributed by atoms with van der Waals surface area (Å²) in [7, 11) is 0. The van der Waals surface area contributed by atoms with Crippen molar-refractivity contribution in [1.82, 2.24) is 4.98 Å². The molecule has 1 aromatic heterocycles. The molecule has 0 aromatic carbocycles. The van der Waals surface area contributed by atoms with E-state index in [2.05, 4.69) is 4.98 Å². The highest BCUT2D eigenvalue weighted by Gasteiger charge is 2.28. The average molecular weight is 185 g/mol. The summed E-state index contributed by atoms with van der Waals surface area (Å²) in [4.78, 5) is 5.28. The molecule has 2 rings (SSSR count). The van der Waals surface area contributed by atoms with E-state index in [1.54, 1.807) is 11.3 Å². The van der Waals surface area contributed by atoms with Crippen LogP contribution in [0.2, 0.25) is 0 Å². The smallest absolute Gasteiger partial charge is 0.0896 e. The Bertz CT molecular complexity index is 274. The van der Waals surface area contributed by atoms with Gasteiger partial charge in [-0.3, -0.25) is 0 Å². The minimum Gasteiger partial charge on any atom is -0.390 e. The van der Waals surface area contributed by atoms with Crippen LogP contribution in [0.4, 0.5) is 0 Å². The largest absolute Gasteiger partial charge is 0.390 e. The summed E-state index contributed by atoms with van der Waals surface area (Å²) in [5.41, 5.74) is 0. The lowest BCUT2D eigenvalue weighted by Crippen LogP contribution is -2.14. The molecule has 0 saturated carbocycles. The van der Waals surface area contributed by atoms with Crippen LogP contribution < -0.4 is 0 Å². The molecule has 4 heteroatoms. The van der Waals surface area contributed by atoms with E-state index in [4.69, 9.17) is 4.74 Å². The molecule has 3 nitrogen and oxygen atoms in total. The molecule has 66 valence electrons. The van der Waals surface area contributed by atoms with Crippen LogP contribution in [0.15, 0.2) is 6.20 Å². The summed E-state index contributed by atoms with van der Waals surface area (Å²) in [5, 5.41) is 10.6. The van der Waals surface area contributed by atoms with Gasteiger partial charge in [-0.15, -0.1) is 11.3 Å². The molecule has 0 aliphatic carbocycles. The Kier molecular flexibility index (Phi) is 2.12. The summed E-state index contributed by atoms with van der Waals surface area (Å²) in [5.74, 6) is 0.149. The van der Waals surface area contributed by atoms with Gasteiger partial charge in [0.05, 0.1) is 24.3 Å². The number of rotatable bonds is 1. The standard InChI is InChI=1S/C8H11NO2S/c1-5-9-2-8(12-5)6-3-11-4-7(6)10/h2,6-7,10H,3-4H2,1H3. The van der Waals surface area contributed by atoms with Crippen molar-refractivity contribution < 1.29 is 9.84 Å². The number of aryl methyl sites for hydroxylation is 1. The van der Waals surface area contributed by atoms with Gasteiger partial charge in [-0.05, 0) is 6.92 Å². The third kappa shape index (κ3) is 1.37. The van der Waals surface area contributed by atoms with Gasteiger partial charge in [0.2, 0.25) is 0 Å². The van der Waals surface area contributed by atoms with Gasteiger partial charge in [-0.25, -0.2) is 4.98 Å². The van der Waals surface area contributed by atoms with Crippen LogP contribution >= 0.6 is 11.3 Å². The zero-order chi connectivity index (χ0) is 8.55. The van der Waals surface area contributed by atoms with Crippen LogP contribution in [0.1, 0.15) is 15.8 Å². The van der Waals surface area contributed by atoms with Gasteiger partial charge >= 0.3 is 0 Å². The quantitative estimate of drug-likeness (QED) is 0.707. The van der Waals surface area contributed by atoms with Gasteiger partial charge in [-0.1, -0.05) is 0 Å². The number of hydrogen-bond acceptors (Lipinski definition) is 4. The molecule has 12 heavy (non-hydrogen) atoms. The fraction of sp³-hybridized carbons (Fsp3) is 0.625. The van der Waals surface area contributed by atoms with Crippen molar-refractivity contribution in [2.45, 2.75) is 18.9 Å². The fourth-order valence-corrected chi connectivity index (χ4v) is 2.29. The second-order valence-electron chi connectivity index (χ2n) is 2.99. The Morgan fingerprint density at radius 2 is 2.50 bits per heavy atom. The molecule has 1 aromatic rings. The first-order chi connectivity index (χ1) is 5.77. The van der Waals surface area contributed by atoms with E-state index in [-0.39, 0.29) is 12.0 Å². The maximum Gasteiger partial charge on any atom is 0.0896 e. The Hall–Kier alpha value is -0.450. The van der Waals surface area contributed by atoms with Gasteiger partial charge < -0.3 is 9.84 Å². The van der Waals surface area contributed by atoms with Crippen molar-refractivity contribution in [2.75, 3.05) is 13.2 Å². The molecule has 2 heterocycles. The molecule has 0 amide bonds. The van der Waals surface area contributed by atoms with Crippen LogP contribution in [0.3, 0.4) is 0 Å². The van der Waals surface area contributed by atoms with Crippen molar-refractivity contribution in [3.8, 4) is 0 Å². The average Bonchev–Trinajstić information content (AvgIpc) is 2.58. The van der Waals surface area contributed by atoms with Crippen molar-refractivity contribution in [3.05, 3.63) is 16.1 Å².